The van der Waals surface area contributed by atoms with E-state index in [1.807, 2.05) is 24.3 Å². The minimum absolute atomic E-state index is 0.186. The van der Waals surface area contributed by atoms with E-state index in [4.69, 9.17) is 4.42 Å². The Balaban J connectivity index is 1.40. The third-order valence-corrected chi connectivity index (χ3v) is 4.95. The van der Waals surface area contributed by atoms with Gasteiger partial charge in [-0.3, -0.25) is 14.3 Å². The number of carbonyl (C=O) groups excluding carboxylic acids is 2. The predicted octanol–water partition coefficient (Wildman–Crippen LogP) is 3.51. The second-order valence-electron chi connectivity index (χ2n) is 7.02. The fourth-order valence-corrected chi connectivity index (χ4v) is 3.38. The lowest BCUT2D eigenvalue weighted by molar-refractivity contribution is 0.0993. The third-order valence-electron chi connectivity index (χ3n) is 4.95. The summed E-state index contributed by atoms with van der Waals surface area (Å²) in [5, 5.41) is 9.71. The number of carbonyl (C=O) groups is 2. The summed E-state index contributed by atoms with van der Waals surface area (Å²) < 4.78 is 6.51. The second-order valence-corrected chi connectivity index (χ2v) is 7.02. The molecule has 2 amide bonds. The first-order chi connectivity index (χ1) is 14.1. The molecule has 8 nitrogen and oxygen atoms in total. The highest BCUT2D eigenvalue weighted by molar-refractivity contribution is 6.05. The number of piperidine rings is 1. The van der Waals surface area contributed by atoms with Gasteiger partial charge in [0.05, 0.1) is 6.26 Å². The summed E-state index contributed by atoms with van der Waals surface area (Å²) in [7, 11) is 1.65. The van der Waals surface area contributed by atoms with E-state index in [2.05, 4.69) is 20.6 Å². The van der Waals surface area contributed by atoms with Gasteiger partial charge in [-0.25, -0.2) is 0 Å². The molecule has 29 heavy (non-hydrogen) atoms. The average Bonchev–Trinajstić information content (AvgIpc) is 3.40. The number of hydrogen-bond donors (Lipinski definition) is 2. The van der Waals surface area contributed by atoms with Crippen molar-refractivity contribution >= 4 is 29.0 Å². The van der Waals surface area contributed by atoms with Crippen molar-refractivity contribution in [2.24, 2.45) is 7.05 Å². The first-order valence-corrected chi connectivity index (χ1v) is 9.65. The number of anilines is 3. The molecule has 2 aromatic heterocycles. The van der Waals surface area contributed by atoms with Crippen molar-refractivity contribution in [1.82, 2.24) is 9.78 Å². The van der Waals surface area contributed by atoms with Crippen LogP contribution in [0.2, 0.25) is 0 Å². The number of aromatic nitrogens is 2. The summed E-state index contributed by atoms with van der Waals surface area (Å²) in [5.74, 6) is -0.161. The van der Waals surface area contributed by atoms with Crippen LogP contribution in [0.15, 0.2) is 53.1 Å². The van der Waals surface area contributed by atoms with Crippen molar-refractivity contribution < 1.29 is 14.0 Å². The summed E-state index contributed by atoms with van der Waals surface area (Å²) in [6, 6.07) is 12.6. The second kappa shape index (κ2) is 8.22. The third kappa shape index (κ3) is 4.31. The molecule has 0 bridgehead atoms. The Labute approximate surface area is 168 Å². The lowest BCUT2D eigenvalue weighted by Gasteiger charge is -2.28. The topological polar surface area (TPSA) is 92.4 Å². The van der Waals surface area contributed by atoms with Gasteiger partial charge in [-0.05, 0) is 55.7 Å². The Morgan fingerprint density at radius 1 is 1.00 bits per heavy atom. The van der Waals surface area contributed by atoms with Gasteiger partial charge in [-0.15, -0.1) is 0 Å². The van der Waals surface area contributed by atoms with Crippen LogP contribution in [0.4, 0.5) is 17.2 Å². The molecule has 1 fully saturated rings. The van der Waals surface area contributed by atoms with Crippen molar-refractivity contribution in [2.75, 3.05) is 28.6 Å². The molecule has 0 aliphatic carbocycles. The van der Waals surface area contributed by atoms with E-state index < -0.39 is 5.91 Å². The zero-order valence-corrected chi connectivity index (χ0v) is 16.2. The largest absolute Gasteiger partial charge is 0.459 e. The monoisotopic (exact) mass is 393 g/mol. The van der Waals surface area contributed by atoms with Crippen LogP contribution < -0.4 is 15.5 Å². The van der Waals surface area contributed by atoms with E-state index in [9.17, 15) is 9.59 Å². The fourth-order valence-electron chi connectivity index (χ4n) is 3.38. The molecule has 3 aromatic rings. The van der Waals surface area contributed by atoms with Crippen LogP contribution >= 0.6 is 0 Å². The van der Waals surface area contributed by atoms with E-state index >= 15 is 0 Å². The average molecular weight is 393 g/mol. The SMILES string of the molecule is Cn1nc(C(=O)Nc2ccc(N3CCCCC3)cc2)cc1NC(=O)c1ccco1. The lowest BCUT2D eigenvalue weighted by Crippen LogP contribution is -2.29. The van der Waals surface area contributed by atoms with Crippen LogP contribution in [0, 0.1) is 0 Å². The van der Waals surface area contributed by atoms with Crippen LogP contribution in [0.25, 0.3) is 0 Å². The first-order valence-electron chi connectivity index (χ1n) is 9.65. The number of furan rings is 1. The normalized spacial score (nSPS) is 13.9. The smallest absolute Gasteiger partial charge is 0.292 e. The molecule has 1 aliphatic heterocycles. The molecule has 2 N–H and O–H groups in total. The zero-order chi connectivity index (χ0) is 20.2. The van der Waals surface area contributed by atoms with Crippen LogP contribution in [0.3, 0.4) is 0 Å². The molecular formula is C21H23N5O3. The van der Waals surface area contributed by atoms with Crippen LogP contribution in [-0.2, 0) is 7.05 Å². The molecular weight excluding hydrogens is 370 g/mol. The Hall–Kier alpha value is -3.55. The highest BCUT2D eigenvalue weighted by Crippen LogP contribution is 2.22. The van der Waals surface area contributed by atoms with Crippen LogP contribution in [0.1, 0.15) is 40.3 Å². The molecule has 4 rings (SSSR count). The van der Waals surface area contributed by atoms with Crippen LogP contribution in [-0.4, -0.2) is 34.7 Å². The van der Waals surface area contributed by atoms with Crippen molar-refractivity contribution in [3.05, 3.63) is 60.2 Å². The Bertz CT molecular complexity index is 986. The molecule has 0 radical (unpaired) electrons. The summed E-state index contributed by atoms with van der Waals surface area (Å²) in [6.45, 7) is 2.15. The van der Waals surface area contributed by atoms with E-state index in [-0.39, 0.29) is 17.4 Å². The maximum atomic E-state index is 12.6. The standard InChI is InChI=1S/C21H23N5O3/c1-25-19(23-21(28)18-6-5-13-29-18)14-17(24-25)20(27)22-15-7-9-16(10-8-15)26-11-3-2-4-12-26/h5-10,13-14H,2-4,11-12H2,1H3,(H,22,27)(H,23,28). The Kier molecular flexibility index (Phi) is 5.33. The molecule has 0 saturated carbocycles. The van der Waals surface area contributed by atoms with Crippen molar-refractivity contribution in [1.29, 1.82) is 0 Å². The molecule has 1 saturated heterocycles. The van der Waals surface area contributed by atoms with Gasteiger partial charge >= 0.3 is 0 Å². The van der Waals surface area contributed by atoms with E-state index in [1.165, 1.54) is 42.0 Å². The van der Waals surface area contributed by atoms with Gasteiger partial charge in [0.2, 0.25) is 0 Å². The van der Waals surface area contributed by atoms with Gasteiger partial charge in [0.15, 0.2) is 11.5 Å². The Morgan fingerprint density at radius 2 is 1.76 bits per heavy atom. The molecule has 1 aromatic carbocycles. The maximum absolute atomic E-state index is 12.6. The summed E-state index contributed by atoms with van der Waals surface area (Å²) in [4.78, 5) is 27.0. The first kappa shape index (κ1) is 18.8. The minimum Gasteiger partial charge on any atom is -0.459 e. The van der Waals surface area contributed by atoms with Gasteiger partial charge in [0.25, 0.3) is 11.8 Å². The Morgan fingerprint density at radius 3 is 2.45 bits per heavy atom. The number of nitrogens with zero attached hydrogens (tertiary/aromatic N) is 3. The number of hydrogen-bond acceptors (Lipinski definition) is 5. The van der Waals surface area contributed by atoms with E-state index in [1.54, 1.807) is 19.2 Å². The summed E-state index contributed by atoms with van der Waals surface area (Å²) in [6.07, 6.45) is 5.15. The number of nitrogens with one attached hydrogen (secondary N) is 2. The fraction of sp³-hybridized carbons (Fsp3) is 0.286. The lowest BCUT2D eigenvalue weighted by atomic mass is 10.1. The molecule has 3 heterocycles. The molecule has 150 valence electrons. The molecule has 8 heteroatoms. The number of aryl methyl sites for hydroxylation is 1. The molecule has 1 aliphatic rings. The number of benzene rings is 1. The van der Waals surface area contributed by atoms with E-state index in [0.717, 1.165) is 13.1 Å². The van der Waals surface area contributed by atoms with Gasteiger partial charge < -0.3 is 20.0 Å². The minimum atomic E-state index is -0.404. The maximum Gasteiger partial charge on any atom is 0.292 e. The predicted molar refractivity (Wildman–Crippen MR) is 110 cm³/mol. The van der Waals surface area contributed by atoms with Gasteiger partial charge in [-0.2, -0.15) is 5.10 Å². The zero-order valence-electron chi connectivity index (χ0n) is 16.2. The van der Waals surface area contributed by atoms with Crippen LogP contribution in [0.5, 0.6) is 0 Å². The number of amides is 2. The van der Waals surface area contributed by atoms with Crippen molar-refractivity contribution in [3.63, 3.8) is 0 Å². The van der Waals surface area contributed by atoms with Gasteiger partial charge in [-0.1, -0.05) is 0 Å². The molecule has 0 atom stereocenters. The highest BCUT2D eigenvalue weighted by atomic mass is 16.3. The van der Waals surface area contributed by atoms with E-state index in [0.29, 0.717) is 11.5 Å². The molecule has 0 unspecified atom stereocenters. The van der Waals surface area contributed by atoms with Gasteiger partial charge in [0.1, 0.15) is 5.82 Å². The highest BCUT2D eigenvalue weighted by Gasteiger charge is 2.17. The van der Waals surface area contributed by atoms with Crippen molar-refractivity contribution in [3.8, 4) is 0 Å². The molecule has 0 spiro atoms. The summed E-state index contributed by atoms with van der Waals surface area (Å²) >= 11 is 0. The number of rotatable bonds is 5. The quantitative estimate of drug-likeness (QED) is 0.692. The summed E-state index contributed by atoms with van der Waals surface area (Å²) in [5.41, 5.74) is 2.08. The van der Waals surface area contributed by atoms with Gasteiger partial charge in [0, 0.05) is 37.6 Å². The van der Waals surface area contributed by atoms with Crippen molar-refractivity contribution in [2.45, 2.75) is 19.3 Å².